The third-order valence-electron chi connectivity index (χ3n) is 3.64. The van der Waals surface area contributed by atoms with Crippen LogP contribution in [0.1, 0.15) is 79.1 Å². The first kappa shape index (κ1) is 28.9. The Hall–Kier alpha value is -0.928. The maximum absolute atomic E-state index is 10.5. The monoisotopic (exact) mass is 396 g/mol. The molecule has 0 fully saturated rings. The van der Waals surface area contributed by atoms with Crippen molar-refractivity contribution in [3.8, 4) is 0 Å². The van der Waals surface area contributed by atoms with Crippen LogP contribution < -0.4 is 10.2 Å². The number of unbranched alkanes of at least 4 members (excludes halogenated alkanes) is 4. The van der Waals surface area contributed by atoms with Gasteiger partial charge in [-0.25, -0.2) is 0 Å². The molecule has 25 heavy (non-hydrogen) atoms. The zero-order valence-corrected chi connectivity index (χ0v) is 17.7. The summed E-state index contributed by atoms with van der Waals surface area (Å²) >= 11 is 0. The molecule has 0 saturated carbocycles. The molecule has 0 bridgehead atoms. The van der Waals surface area contributed by atoms with Gasteiger partial charge in [0.15, 0.2) is 0 Å². The second-order valence-electron chi connectivity index (χ2n) is 5.92. The zero-order chi connectivity index (χ0) is 18.8. The van der Waals surface area contributed by atoms with Gasteiger partial charge in [0.25, 0.3) is 0 Å². The van der Waals surface area contributed by atoms with Crippen LogP contribution in [0.5, 0.6) is 0 Å². The molecule has 2 amide bonds. The second kappa shape index (κ2) is 21.1. The Balaban J connectivity index is -0.000000372. The standard InChI is InChI=1S/2C9H19NO2.Cr/c2*1-3-5-7-10(9(11)12)8-6-4-2;/h2*3-8H2,1-2H3,(H,11,12);/q;;+2/p-2. The van der Waals surface area contributed by atoms with E-state index in [0.29, 0.717) is 26.2 Å². The predicted molar refractivity (Wildman–Crippen MR) is 93.6 cm³/mol. The van der Waals surface area contributed by atoms with E-state index in [-0.39, 0.29) is 17.4 Å². The fourth-order valence-corrected chi connectivity index (χ4v) is 1.98. The van der Waals surface area contributed by atoms with E-state index in [1.54, 1.807) is 0 Å². The minimum absolute atomic E-state index is 0. The van der Waals surface area contributed by atoms with Crippen molar-refractivity contribution in [2.24, 2.45) is 0 Å². The predicted octanol–water partition coefficient (Wildman–Crippen LogP) is 2.46. The molecule has 0 heterocycles. The number of amides is 2. The van der Waals surface area contributed by atoms with Crippen molar-refractivity contribution >= 4 is 12.2 Å². The summed E-state index contributed by atoms with van der Waals surface area (Å²) in [4.78, 5) is 23.8. The summed E-state index contributed by atoms with van der Waals surface area (Å²) < 4.78 is 0. The number of rotatable bonds is 12. The molecule has 6 nitrogen and oxygen atoms in total. The average Bonchev–Trinajstić information content (AvgIpc) is 2.55. The molecular formula is C18H36CrN2O4. The molecule has 0 N–H and O–H groups in total. The van der Waals surface area contributed by atoms with Crippen LogP contribution in [0.3, 0.4) is 0 Å². The minimum atomic E-state index is -1.03. The first-order chi connectivity index (χ1) is 11.4. The van der Waals surface area contributed by atoms with Crippen LogP contribution in [0.25, 0.3) is 0 Å². The molecule has 7 heteroatoms. The number of hydrogen-bond donors (Lipinski definition) is 0. The smallest absolute Gasteiger partial charge is 0.530 e. The Kier molecular flexibility index (Phi) is 24.4. The van der Waals surface area contributed by atoms with Gasteiger partial charge in [-0.05, 0) is 25.7 Å². The molecule has 0 rings (SSSR count). The Morgan fingerprint density at radius 2 is 0.800 bits per heavy atom. The van der Waals surface area contributed by atoms with E-state index in [2.05, 4.69) is 0 Å². The summed E-state index contributed by atoms with van der Waals surface area (Å²) in [7, 11) is 0. The van der Waals surface area contributed by atoms with Gasteiger partial charge in [0, 0.05) is 26.2 Å². The van der Waals surface area contributed by atoms with Crippen LogP contribution >= 0.6 is 0 Å². The van der Waals surface area contributed by atoms with E-state index < -0.39 is 12.2 Å². The van der Waals surface area contributed by atoms with Crippen LogP contribution in [0, 0.1) is 0 Å². The normalized spacial score (nSPS) is 9.44. The molecule has 0 aromatic carbocycles. The number of carboxylic acid groups (broad SMARTS) is 2. The summed E-state index contributed by atoms with van der Waals surface area (Å²) in [5.74, 6) is 0. The summed E-state index contributed by atoms with van der Waals surface area (Å²) in [6.07, 6.45) is 5.75. The molecule has 0 unspecified atom stereocenters. The molecule has 0 radical (unpaired) electrons. The van der Waals surface area contributed by atoms with Crippen molar-refractivity contribution in [3.63, 3.8) is 0 Å². The Morgan fingerprint density at radius 1 is 0.600 bits per heavy atom. The van der Waals surface area contributed by atoms with Gasteiger partial charge < -0.3 is 29.6 Å². The number of carbonyl (C=O) groups is 2. The molecule has 0 aliphatic carbocycles. The first-order valence-electron chi connectivity index (χ1n) is 9.36. The Morgan fingerprint density at radius 3 is 0.920 bits per heavy atom. The van der Waals surface area contributed by atoms with Crippen molar-refractivity contribution in [3.05, 3.63) is 0 Å². The third kappa shape index (κ3) is 19.2. The molecule has 0 aromatic rings. The summed E-state index contributed by atoms with van der Waals surface area (Å²) in [6, 6.07) is 0. The van der Waals surface area contributed by atoms with Gasteiger partial charge in [-0.15, -0.1) is 0 Å². The third-order valence-corrected chi connectivity index (χ3v) is 3.64. The van der Waals surface area contributed by atoms with Crippen LogP contribution in [0.2, 0.25) is 0 Å². The van der Waals surface area contributed by atoms with E-state index in [0.717, 1.165) is 51.4 Å². The SMILES string of the molecule is CCCCN(CCCC)C(=O)[O-].CCCCN(CCCC)C(=O)[O-].[Cr+2]. The average molecular weight is 396 g/mol. The molecule has 148 valence electrons. The van der Waals surface area contributed by atoms with Crippen molar-refractivity contribution in [2.75, 3.05) is 26.2 Å². The fourth-order valence-electron chi connectivity index (χ4n) is 1.98. The van der Waals surface area contributed by atoms with Gasteiger partial charge in [-0.1, -0.05) is 53.4 Å². The van der Waals surface area contributed by atoms with Crippen molar-refractivity contribution in [2.45, 2.75) is 79.1 Å². The topological polar surface area (TPSA) is 86.7 Å². The number of hydrogen-bond acceptors (Lipinski definition) is 4. The molecule has 0 aliphatic heterocycles. The van der Waals surface area contributed by atoms with Gasteiger partial charge in [0.1, 0.15) is 12.2 Å². The van der Waals surface area contributed by atoms with Crippen LogP contribution in [0.15, 0.2) is 0 Å². The maximum Gasteiger partial charge on any atom is 2.00 e. The van der Waals surface area contributed by atoms with Gasteiger partial charge in [-0.3, -0.25) is 0 Å². The van der Waals surface area contributed by atoms with Gasteiger partial charge in [-0.2, -0.15) is 0 Å². The fraction of sp³-hybridized carbons (Fsp3) is 0.889. The van der Waals surface area contributed by atoms with E-state index in [1.807, 2.05) is 27.7 Å². The summed E-state index contributed by atoms with van der Waals surface area (Å²) in [5.41, 5.74) is 0. The number of carbonyl (C=O) groups excluding carboxylic acids is 2. The van der Waals surface area contributed by atoms with E-state index in [4.69, 9.17) is 0 Å². The van der Waals surface area contributed by atoms with Crippen LogP contribution in [-0.4, -0.2) is 48.2 Å². The van der Waals surface area contributed by atoms with Gasteiger partial charge in [0.2, 0.25) is 0 Å². The van der Waals surface area contributed by atoms with Gasteiger partial charge >= 0.3 is 17.4 Å². The summed E-state index contributed by atoms with van der Waals surface area (Å²) in [5, 5.41) is 21.1. The first-order valence-corrected chi connectivity index (χ1v) is 9.36. The largest absolute Gasteiger partial charge is 2.00 e. The molecule has 0 saturated heterocycles. The van der Waals surface area contributed by atoms with Crippen molar-refractivity contribution < 1.29 is 37.2 Å². The van der Waals surface area contributed by atoms with Crippen LogP contribution in [-0.2, 0) is 17.4 Å². The van der Waals surface area contributed by atoms with E-state index in [1.165, 1.54) is 9.80 Å². The second-order valence-corrected chi connectivity index (χ2v) is 5.92. The van der Waals surface area contributed by atoms with E-state index >= 15 is 0 Å². The van der Waals surface area contributed by atoms with Crippen molar-refractivity contribution in [1.29, 1.82) is 0 Å². The zero-order valence-electron chi connectivity index (χ0n) is 16.4. The van der Waals surface area contributed by atoms with Crippen molar-refractivity contribution in [1.82, 2.24) is 9.80 Å². The molecule has 0 aromatic heterocycles. The maximum atomic E-state index is 10.5. The Bertz CT molecular complexity index is 271. The molecule has 0 aliphatic rings. The van der Waals surface area contributed by atoms with Gasteiger partial charge in [0.05, 0.1) is 0 Å². The minimum Gasteiger partial charge on any atom is -0.530 e. The molecular weight excluding hydrogens is 360 g/mol. The molecule has 0 atom stereocenters. The van der Waals surface area contributed by atoms with Crippen LogP contribution in [0.4, 0.5) is 9.59 Å². The van der Waals surface area contributed by atoms with E-state index in [9.17, 15) is 19.8 Å². The number of nitrogens with zero attached hydrogens (tertiary/aromatic N) is 2. The molecule has 0 spiro atoms. The Labute approximate surface area is 164 Å². The quantitative estimate of drug-likeness (QED) is 0.507. The summed E-state index contributed by atoms with van der Waals surface area (Å²) in [6.45, 7) is 10.7.